The van der Waals surface area contributed by atoms with Crippen molar-refractivity contribution in [3.05, 3.63) is 10.9 Å². The molecule has 2 heterocycles. The normalized spacial score (nSPS) is 16.2. The van der Waals surface area contributed by atoms with E-state index in [0.29, 0.717) is 5.95 Å². The summed E-state index contributed by atoms with van der Waals surface area (Å²) in [6, 6.07) is 2.13. The Bertz CT molecular complexity index is 598. The third-order valence-corrected chi connectivity index (χ3v) is 4.52. The first-order valence-electron chi connectivity index (χ1n) is 6.27. The van der Waals surface area contributed by atoms with Crippen molar-refractivity contribution in [2.75, 3.05) is 11.1 Å². The van der Waals surface area contributed by atoms with E-state index >= 15 is 0 Å². The van der Waals surface area contributed by atoms with Gasteiger partial charge in [-0.05, 0) is 45.6 Å². The second-order valence-electron chi connectivity index (χ2n) is 5.63. The maximum atomic E-state index is 5.79. The van der Waals surface area contributed by atoms with Gasteiger partial charge in [0.1, 0.15) is 10.6 Å². The molecule has 0 bridgehead atoms. The highest BCUT2D eigenvalue weighted by molar-refractivity contribution is 7.18. The van der Waals surface area contributed by atoms with Crippen molar-refractivity contribution in [2.24, 2.45) is 5.92 Å². The summed E-state index contributed by atoms with van der Waals surface area (Å²) in [5, 5.41) is 4.64. The van der Waals surface area contributed by atoms with Crippen LogP contribution in [0.3, 0.4) is 0 Å². The molecule has 2 aromatic heterocycles. The summed E-state index contributed by atoms with van der Waals surface area (Å²) in [6.07, 6.45) is 2.60. The number of aromatic nitrogens is 2. The van der Waals surface area contributed by atoms with E-state index in [2.05, 4.69) is 42.1 Å². The van der Waals surface area contributed by atoms with Gasteiger partial charge < -0.3 is 11.1 Å². The van der Waals surface area contributed by atoms with Crippen LogP contribution in [-0.2, 0) is 0 Å². The van der Waals surface area contributed by atoms with E-state index in [1.54, 1.807) is 11.3 Å². The number of nitrogens with one attached hydrogen (secondary N) is 1. The van der Waals surface area contributed by atoms with Crippen molar-refractivity contribution in [3.63, 3.8) is 0 Å². The lowest BCUT2D eigenvalue weighted by Crippen LogP contribution is -2.33. The van der Waals surface area contributed by atoms with Gasteiger partial charge in [-0.25, -0.2) is 4.98 Å². The molecule has 2 aromatic rings. The molecule has 0 unspecified atom stereocenters. The summed E-state index contributed by atoms with van der Waals surface area (Å²) in [6.45, 7) is 6.54. The van der Waals surface area contributed by atoms with E-state index in [9.17, 15) is 0 Å². The molecule has 0 saturated heterocycles. The molecule has 1 aliphatic carbocycles. The average molecular weight is 262 g/mol. The molecule has 0 aromatic carbocycles. The molecule has 4 nitrogen and oxygen atoms in total. The lowest BCUT2D eigenvalue weighted by Gasteiger charge is -2.27. The number of anilines is 2. The quantitative estimate of drug-likeness (QED) is 0.891. The van der Waals surface area contributed by atoms with Crippen molar-refractivity contribution in [1.29, 1.82) is 0 Å². The summed E-state index contributed by atoms with van der Waals surface area (Å²) in [5.41, 5.74) is 5.86. The molecule has 0 aliphatic heterocycles. The summed E-state index contributed by atoms with van der Waals surface area (Å²) in [5.74, 6) is 1.96. The Balaban J connectivity index is 2.04. The van der Waals surface area contributed by atoms with Crippen LogP contribution < -0.4 is 11.1 Å². The zero-order valence-corrected chi connectivity index (χ0v) is 11.8. The second-order valence-corrected chi connectivity index (χ2v) is 6.86. The monoisotopic (exact) mass is 262 g/mol. The second kappa shape index (κ2) is 3.82. The van der Waals surface area contributed by atoms with Gasteiger partial charge in [0.2, 0.25) is 5.95 Å². The van der Waals surface area contributed by atoms with Crippen LogP contribution in [0.2, 0.25) is 0 Å². The topological polar surface area (TPSA) is 63.8 Å². The Morgan fingerprint density at radius 2 is 2.11 bits per heavy atom. The minimum Gasteiger partial charge on any atom is -0.368 e. The van der Waals surface area contributed by atoms with Gasteiger partial charge >= 0.3 is 0 Å². The van der Waals surface area contributed by atoms with Gasteiger partial charge in [0.25, 0.3) is 0 Å². The Morgan fingerprint density at radius 3 is 2.78 bits per heavy atom. The van der Waals surface area contributed by atoms with Crippen molar-refractivity contribution in [3.8, 4) is 0 Å². The van der Waals surface area contributed by atoms with Crippen molar-refractivity contribution in [2.45, 2.75) is 39.2 Å². The number of thiophene rings is 1. The fourth-order valence-corrected chi connectivity index (χ4v) is 3.25. The molecule has 0 atom stereocenters. The molecule has 5 heteroatoms. The van der Waals surface area contributed by atoms with E-state index < -0.39 is 0 Å². The Hall–Kier alpha value is -1.36. The Kier molecular flexibility index (Phi) is 2.48. The summed E-state index contributed by atoms with van der Waals surface area (Å²) < 4.78 is 0. The number of aryl methyl sites for hydroxylation is 1. The zero-order valence-electron chi connectivity index (χ0n) is 10.9. The minimum atomic E-state index is 0.0730. The predicted molar refractivity (Wildman–Crippen MR) is 77.0 cm³/mol. The van der Waals surface area contributed by atoms with Crippen molar-refractivity contribution in [1.82, 2.24) is 9.97 Å². The molecule has 0 amide bonds. The molecule has 3 rings (SSSR count). The maximum Gasteiger partial charge on any atom is 0.223 e. The summed E-state index contributed by atoms with van der Waals surface area (Å²) in [4.78, 5) is 10.9. The maximum absolute atomic E-state index is 5.79. The van der Waals surface area contributed by atoms with Crippen molar-refractivity contribution < 1.29 is 0 Å². The first kappa shape index (κ1) is 11.7. The average Bonchev–Trinajstić information content (AvgIpc) is 3.02. The molecule has 3 N–H and O–H groups in total. The van der Waals surface area contributed by atoms with Gasteiger partial charge in [0.15, 0.2) is 0 Å². The standard InChI is InChI=1S/C13H18N4S/c1-7-6-9-10(15-12(14)16-11(9)18-7)17-13(2,3)8-4-5-8/h6,8H,4-5H2,1-3H3,(H3,14,15,16,17). The number of rotatable bonds is 3. The first-order chi connectivity index (χ1) is 8.45. The molecule has 96 valence electrons. The summed E-state index contributed by atoms with van der Waals surface area (Å²) >= 11 is 1.66. The van der Waals surface area contributed by atoms with Crippen LogP contribution in [0.4, 0.5) is 11.8 Å². The number of hydrogen-bond acceptors (Lipinski definition) is 5. The molecular formula is C13H18N4S. The fraction of sp³-hybridized carbons (Fsp3) is 0.538. The third kappa shape index (κ3) is 2.03. The van der Waals surface area contributed by atoms with E-state index in [1.807, 2.05) is 0 Å². The van der Waals surface area contributed by atoms with Gasteiger partial charge in [-0.1, -0.05) is 0 Å². The van der Waals surface area contributed by atoms with Crippen LogP contribution >= 0.6 is 11.3 Å². The smallest absolute Gasteiger partial charge is 0.223 e. The van der Waals surface area contributed by atoms with Crippen LogP contribution in [-0.4, -0.2) is 15.5 Å². The molecule has 1 saturated carbocycles. The van der Waals surface area contributed by atoms with E-state index in [0.717, 1.165) is 22.0 Å². The number of fused-ring (bicyclic) bond motifs is 1. The van der Waals surface area contributed by atoms with Crippen LogP contribution in [0, 0.1) is 12.8 Å². The Labute approximate surface area is 111 Å². The largest absolute Gasteiger partial charge is 0.368 e. The molecule has 1 aliphatic rings. The van der Waals surface area contributed by atoms with Crippen LogP contribution in [0.1, 0.15) is 31.6 Å². The highest BCUT2D eigenvalue weighted by atomic mass is 32.1. The van der Waals surface area contributed by atoms with Crippen LogP contribution in [0.15, 0.2) is 6.07 Å². The first-order valence-corrected chi connectivity index (χ1v) is 7.09. The number of nitrogen functional groups attached to an aromatic ring is 1. The number of hydrogen-bond donors (Lipinski definition) is 2. The van der Waals surface area contributed by atoms with Gasteiger partial charge in [0, 0.05) is 10.4 Å². The molecule has 0 radical (unpaired) electrons. The highest BCUT2D eigenvalue weighted by Crippen LogP contribution is 2.42. The highest BCUT2D eigenvalue weighted by Gasteiger charge is 2.38. The van der Waals surface area contributed by atoms with Crippen LogP contribution in [0.5, 0.6) is 0 Å². The number of nitrogens with zero attached hydrogens (tertiary/aromatic N) is 2. The Morgan fingerprint density at radius 1 is 1.39 bits per heavy atom. The molecule has 1 fully saturated rings. The molecule has 18 heavy (non-hydrogen) atoms. The van der Waals surface area contributed by atoms with E-state index in [1.165, 1.54) is 17.7 Å². The van der Waals surface area contributed by atoms with Gasteiger partial charge in [-0.3, -0.25) is 0 Å². The summed E-state index contributed by atoms with van der Waals surface area (Å²) in [7, 11) is 0. The SMILES string of the molecule is Cc1cc2c(NC(C)(C)C3CC3)nc(N)nc2s1. The van der Waals surface area contributed by atoms with Gasteiger partial charge in [-0.2, -0.15) is 4.98 Å². The predicted octanol–water partition coefficient (Wildman–Crippen LogP) is 3.18. The third-order valence-electron chi connectivity index (χ3n) is 3.57. The number of nitrogens with two attached hydrogens (primary N) is 1. The molecular weight excluding hydrogens is 244 g/mol. The fourth-order valence-electron chi connectivity index (χ4n) is 2.37. The lowest BCUT2D eigenvalue weighted by atomic mass is 9.99. The van der Waals surface area contributed by atoms with Crippen molar-refractivity contribution >= 4 is 33.3 Å². The zero-order chi connectivity index (χ0) is 12.9. The minimum absolute atomic E-state index is 0.0730. The lowest BCUT2D eigenvalue weighted by molar-refractivity contribution is 0.493. The van der Waals surface area contributed by atoms with Gasteiger partial charge in [-0.15, -0.1) is 11.3 Å². The van der Waals surface area contributed by atoms with Crippen LogP contribution in [0.25, 0.3) is 10.2 Å². The molecule has 0 spiro atoms. The van der Waals surface area contributed by atoms with E-state index in [-0.39, 0.29) is 5.54 Å². The van der Waals surface area contributed by atoms with E-state index in [4.69, 9.17) is 5.73 Å². The van der Waals surface area contributed by atoms with Gasteiger partial charge in [0.05, 0.1) is 5.39 Å².